The molecule has 0 radical (unpaired) electrons. The van der Waals surface area contributed by atoms with Gasteiger partial charge in [-0.05, 0) is 12.1 Å². The molecule has 0 fully saturated rings. The first-order valence-corrected chi connectivity index (χ1v) is 4.40. The van der Waals surface area contributed by atoms with Crippen LogP contribution in [0.5, 0.6) is 5.75 Å². The Morgan fingerprint density at radius 3 is 2.81 bits per heavy atom. The first-order valence-electron chi connectivity index (χ1n) is 4.40. The van der Waals surface area contributed by atoms with Gasteiger partial charge in [-0.3, -0.25) is 10.8 Å². The van der Waals surface area contributed by atoms with Crippen LogP contribution in [-0.2, 0) is 4.84 Å². The third-order valence-corrected chi connectivity index (χ3v) is 1.89. The Morgan fingerprint density at radius 1 is 1.44 bits per heavy atom. The Bertz CT molecular complexity index is 494. The summed E-state index contributed by atoms with van der Waals surface area (Å²) < 4.78 is 0. The van der Waals surface area contributed by atoms with Gasteiger partial charge in [-0.2, -0.15) is 5.10 Å². The fourth-order valence-electron chi connectivity index (χ4n) is 1.09. The highest BCUT2D eigenvalue weighted by molar-refractivity contribution is 6.67. The average Bonchev–Trinajstić information content (AvgIpc) is 2.58. The van der Waals surface area contributed by atoms with Crippen LogP contribution in [0.1, 0.15) is 0 Å². The molecule has 0 amide bonds. The first-order chi connectivity index (χ1) is 7.68. The number of benzene rings is 1. The lowest BCUT2D eigenvalue weighted by molar-refractivity contribution is 0.340. The van der Waals surface area contributed by atoms with E-state index >= 15 is 0 Å². The molecule has 0 aromatic heterocycles. The van der Waals surface area contributed by atoms with Crippen LogP contribution < -0.4 is 11.2 Å². The smallest absolute Gasteiger partial charge is 0.273 e. The highest BCUT2D eigenvalue weighted by Gasteiger charge is 2.21. The van der Waals surface area contributed by atoms with Gasteiger partial charge in [-0.1, -0.05) is 17.3 Å². The van der Waals surface area contributed by atoms with Gasteiger partial charge in [0.1, 0.15) is 5.75 Å². The van der Waals surface area contributed by atoms with E-state index in [1.165, 1.54) is 6.07 Å². The summed E-state index contributed by atoms with van der Waals surface area (Å²) in [4.78, 5) is 4.51. The predicted octanol–water partition coefficient (Wildman–Crippen LogP) is 0.440. The molecule has 0 aliphatic carbocycles. The van der Waals surface area contributed by atoms with Gasteiger partial charge in [0.05, 0.1) is 5.69 Å². The van der Waals surface area contributed by atoms with Gasteiger partial charge in [0.2, 0.25) is 0 Å². The summed E-state index contributed by atoms with van der Waals surface area (Å²) in [5.74, 6) is -0.166. The van der Waals surface area contributed by atoms with Gasteiger partial charge >= 0.3 is 0 Å². The van der Waals surface area contributed by atoms with Crippen molar-refractivity contribution in [3.05, 3.63) is 24.3 Å². The standard InChI is InChI=1S/C9H9N5O2/c10-8-7(9(11)16-14-8)13-12-5-3-1-2-4-6(5)15/h1-4,11-12,15H,(H2,10,14)/b11-9?,13-7-. The van der Waals surface area contributed by atoms with Crippen molar-refractivity contribution in [2.24, 2.45) is 16.0 Å². The second-order valence-electron chi connectivity index (χ2n) is 2.99. The number of oxime groups is 1. The number of hydrogen-bond acceptors (Lipinski definition) is 7. The normalized spacial score (nSPS) is 17.1. The molecule has 0 bridgehead atoms. The van der Waals surface area contributed by atoms with Crippen LogP contribution in [0.4, 0.5) is 5.69 Å². The SMILES string of the molecule is N=C1ON=C(N)/C1=N/Nc1ccccc1O. The van der Waals surface area contributed by atoms with E-state index in [-0.39, 0.29) is 23.2 Å². The molecule has 1 aromatic carbocycles. The Kier molecular flexibility index (Phi) is 2.42. The molecule has 1 aromatic rings. The number of phenols is 1. The van der Waals surface area contributed by atoms with Gasteiger partial charge in [0.15, 0.2) is 11.5 Å². The van der Waals surface area contributed by atoms with Gasteiger partial charge in [0.25, 0.3) is 5.90 Å². The molecule has 0 atom stereocenters. The number of phenolic OH excluding ortho intramolecular Hbond substituents is 1. The Morgan fingerprint density at radius 2 is 2.19 bits per heavy atom. The molecule has 0 unspecified atom stereocenters. The zero-order chi connectivity index (χ0) is 11.5. The van der Waals surface area contributed by atoms with Crippen LogP contribution in [0.3, 0.4) is 0 Å². The summed E-state index contributed by atoms with van der Waals surface area (Å²) in [6.07, 6.45) is 0. The van der Waals surface area contributed by atoms with Crippen molar-refractivity contribution in [3.63, 3.8) is 0 Å². The minimum atomic E-state index is -0.236. The Hall–Kier alpha value is -2.57. The molecule has 7 nitrogen and oxygen atoms in total. The average molecular weight is 219 g/mol. The number of nitrogens with zero attached hydrogens (tertiary/aromatic N) is 2. The lowest BCUT2D eigenvalue weighted by atomic mass is 10.3. The zero-order valence-corrected chi connectivity index (χ0v) is 8.14. The molecule has 1 heterocycles. The van der Waals surface area contributed by atoms with Crippen molar-refractivity contribution in [1.29, 1.82) is 5.41 Å². The number of hydrazone groups is 1. The number of anilines is 1. The maximum atomic E-state index is 9.44. The molecule has 1 aliphatic heterocycles. The largest absolute Gasteiger partial charge is 0.506 e. The summed E-state index contributed by atoms with van der Waals surface area (Å²) in [5.41, 5.74) is 8.50. The van der Waals surface area contributed by atoms with Crippen molar-refractivity contribution >= 4 is 23.1 Å². The molecule has 16 heavy (non-hydrogen) atoms. The van der Waals surface area contributed by atoms with Gasteiger partial charge in [0, 0.05) is 0 Å². The zero-order valence-electron chi connectivity index (χ0n) is 8.14. The summed E-state index contributed by atoms with van der Waals surface area (Å²) in [6.45, 7) is 0. The minimum absolute atomic E-state index is 0.0212. The topological polar surface area (TPSA) is 116 Å². The van der Waals surface area contributed by atoms with E-state index in [4.69, 9.17) is 11.1 Å². The summed E-state index contributed by atoms with van der Waals surface area (Å²) in [5, 5.41) is 23.9. The third kappa shape index (κ3) is 1.78. The predicted molar refractivity (Wildman–Crippen MR) is 59.6 cm³/mol. The van der Waals surface area contributed by atoms with Crippen LogP contribution in [0.2, 0.25) is 0 Å². The lowest BCUT2D eigenvalue weighted by Crippen LogP contribution is -2.25. The van der Waals surface area contributed by atoms with E-state index in [9.17, 15) is 5.11 Å². The fourth-order valence-corrected chi connectivity index (χ4v) is 1.09. The molecule has 5 N–H and O–H groups in total. The van der Waals surface area contributed by atoms with E-state index in [1.807, 2.05) is 0 Å². The highest BCUT2D eigenvalue weighted by atomic mass is 16.6. The van der Waals surface area contributed by atoms with Gasteiger partial charge in [-0.15, -0.1) is 0 Å². The van der Waals surface area contributed by atoms with Crippen molar-refractivity contribution in [2.75, 3.05) is 5.43 Å². The quantitative estimate of drug-likeness (QED) is 0.426. The monoisotopic (exact) mass is 219 g/mol. The molecular weight excluding hydrogens is 210 g/mol. The maximum Gasteiger partial charge on any atom is 0.273 e. The van der Waals surface area contributed by atoms with Gasteiger partial charge in [-0.25, -0.2) is 0 Å². The van der Waals surface area contributed by atoms with Crippen LogP contribution in [0.15, 0.2) is 34.5 Å². The number of rotatable bonds is 2. The second kappa shape index (κ2) is 3.89. The van der Waals surface area contributed by atoms with E-state index in [1.54, 1.807) is 18.2 Å². The number of hydrogen-bond donors (Lipinski definition) is 4. The van der Waals surface area contributed by atoms with Crippen molar-refractivity contribution in [1.82, 2.24) is 0 Å². The minimum Gasteiger partial charge on any atom is -0.506 e. The molecule has 7 heteroatoms. The summed E-state index contributed by atoms with van der Waals surface area (Å²) in [6, 6.07) is 6.56. The van der Waals surface area contributed by atoms with Crippen molar-refractivity contribution in [3.8, 4) is 5.75 Å². The van der Waals surface area contributed by atoms with Crippen LogP contribution >= 0.6 is 0 Å². The highest BCUT2D eigenvalue weighted by Crippen LogP contribution is 2.21. The van der Waals surface area contributed by atoms with E-state index in [0.29, 0.717) is 5.69 Å². The molecular formula is C9H9N5O2. The summed E-state index contributed by atoms with van der Waals surface area (Å²) in [7, 11) is 0. The molecule has 0 spiro atoms. The number of aromatic hydroxyl groups is 1. The number of nitrogens with one attached hydrogen (secondary N) is 2. The number of para-hydroxylation sites is 2. The fraction of sp³-hybridized carbons (Fsp3) is 0. The van der Waals surface area contributed by atoms with Gasteiger partial charge < -0.3 is 15.7 Å². The van der Waals surface area contributed by atoms with E-state index in [0.717, 1.165) is 0 Å². The second-order valence-corrected chi connectivity index (χ2v) is 2.99. The van der Waals surface area contributed by atoms with Crippen LogP contribution in [0, 0.1) is 5.41 Å². The Labute approximate surface area is 90.7 Å². The first kappa shape index (κ1) is 9.97. The molecule has 0 saturated heterocycles. The molecule has 82 valence electrons. The lowest BCUT2D eigenvalue weighted by Gasteiger charge is -2.03. The van der Waals surface area contributed by atoms with E-state index < -0.39 is 0 Å². The van der Waals surface area contributed by atoms with Crippen molar-refractivity contribution < 1.29 is 9.94 Å². The van der Waals surface area contributed by atoms with Crippen LogP contribution in [-0.4, -0.2) is 22.6 Å². The molecule has 0 saturated carbocycles. The number of nitrogens with two attached hydrogens (primary N) is 1. The maximum absolute atomic E-state index is 9.44. The number of amidine groups is 1. The summed E-state index contributed by atoms with van der Waals surface area (Å²) >= 11 is 0. The van der Waals surface area contributed by atoms with E-state index in [2.05, 4.69) is 20.5 Å². The molecule has 2 rings (SSSR count). The Balaban J connectivity index is 2.18. The molecule has 1 aliphatic rings. The van der Waals surface area contributed by atoms with Crippen molar-refractivity contribution in [2.45, 2.75) is 0 Å². The third-order valence-electron chi connectivity index (χ3n) is 1.89. The van der Waals surface area contributed by atoms with Crippen LogP contribution in [0.25, 0.3) is 0 Å².